The molecule has 0 saturated carbocycles. The van der Waals surface area contributed by atoms with E-state index in [0.717, 1.165) is 6.21 Å². The number of esters is 1. The standard InChI is InChI=1S/C13H11NO5/c1-7(12(16)17)14-6-9-11(15)8-4-2-3-5-10(8)19-13(9)18/h2-7,9H,1H3,(H,16,17)/t7-,9?/m0/s1. The minimum atomic E-state index is -1.18. The highest BCUT2D eigenvalue weighted by molar-refractivity contribution is 6.22. The summed E-state index contributed by atoms with van der Waals surface area (Å²) in [6.45, 7) is 1.35. The molecule has 0 radical (unpaired) electrons. The molecule has 1 aliphatic rings. The summed E-state index contributed by atoms with van der Waals surface area (Å²) < 4.78 is 5.01. The van der Waals surface area contributed by atoms with Gasteiger partial charge in [-0.15, -0.1) is 0 Å². The summed E-state index contributed by atoms with van der Waals surface area (Å²) in [6.07, 6.45) is 1.04. The molecule has 1 heterocycles. The van der Waals surface area contributed by atoms with E-state index in [1.165, 1.54) is 13.0 Å². The zero-order chi connectivity index (χ0) is 14.0. The molecule has 1 N–H and O–H groups in total. The van der Waals surface area contributed by atoms with Crippen LogP contribution in [-0.4, -0.2) is 35.1 Å². The van der Waals surface area contributed by atoms with E-state index in [4.69, 9.17) is 9.84 Å². The van der Waals surface area contributed by atoms with E-state index >= 15 is 0 Å². The fraction of sp³-hybridized carbons (Fsp3) is 0.231. The summed E-state index contributed by atoms with van der Waals surface area (Å²) in [5.74, 6) is -3.28. The summed E-state index contributed by atoms with van der Waals surface area (Å²) in [6, 6.07) is 5.37. The Kier molecular flexibility index (Phi) is 3.41. The number of Topliss-reactive ketones (excluding diaryl/α,β-unsaturated/α-hetero) is 1. The molecule has 1 unspecified atom stereocenters. The molecule has 1 aromatic carbocycles. The maximum absolute atomic E-state index is 12.1. The Balaban J connectivity index is 2.27. The van der Waals surface area contributed by atoms with Crippen molar-refractivity contribution in [2.45, 2.75) is 13.0 Å². The van der Waals surface area contributed by atoms with Crippen LogP contribution in [0.2, 0.25) is 0 Å². The van der Waals surface area contributed by atoms with E-state index in [-0.39, 0.29) is 5.75 Å². The number of aliphatic imine (C=N–C) groups is 1. The van der Waals surface area contributed by atoms with Gasteiger partial charge >= 0.3 is 11.9 Å². The van der Waals surface area contributed by atoms with Crippen LogP contribution in [0.15, 0.2) is 29.3 Å². The minimum Gasteiger partial charge on any atom is -0.480 e. The Morgan fingerprint density at radius 3 is 2.79 bits per heavy atom. The lowest BCUT2D eigenvalue weighted by Crippen LogP contribution is -2.35. The molecule has 2 atom stereocenters. The van der Waals surface area contributed by atoms with Gasteiger partial charge in [0, 0.05) is 6.21 Å². The highest BCUT2D eigenvalue weighted by Crippen LogP contribution is 2.26. The Bertz CT molecular complexity index is 578. The fourth-order valence-electron chi connectivity index (χ4n) is 1.61. The molecule has 6 nitrogen and oxygen atoms in total. The normalized spacial score (nSPS) is 19.9. The van der Waals surface area contributed by atoms with Crippen LogP contribution in [0.1, 0.15) is 17.3 Å². The first-order chi connectivity index (χ1) is 9.00. The molecule has 1 aromatic rings. The van der Waals surface area contributed by atoms with Crippen LogP contribution in [0, 0.1) is 5.92 Å². The van der Waals surface area contributed by atoms with Crippen molar-refractivity contribution in [3.63, 3.8) is 0 Å². The number of hydrogen-bond acceptors (Lipinski definition) is 5. The van der Waals surface area contributed by atoms with E-state index < -0.39 is 29.7 Å². The zero-order valence-electron chi connectivity index (χ0n) is 10.1. The van der Waals surface area contributed by atoms with Gasteiger partial charge in [-0.1, -0.05) is 12.1 Å². The summed E-state index contributed by atoms with van der Waals surface area (Å²) in [7, 11) is 0. The van der Waals surface area contributed by atoms with Gasteiger partial charge in [0.25, 0.3) is 0 Å². The van der Waals surface area contributed by atoms with Gasteiger partial charge in [-0.25, -0.2) is 4.79 Å². The van der Waals surface area contributed by atoms with E-state index in [9.17, 15) is 14.4 Å². The first-order valence-corrected chi connectivity index (χ1v) is 5.61. The Labute approximate surface area is 108 Å². The molecule has 0 aliphatic carbocycles. The summed E-state index contributed by atoms with van der Waals surface area (Å²) >= 11 is 0. The third-order valence-electron chi connectivity index (χ3n) is 2.72. The first-order valence-electron chi connectivity index (χ1n) is 5.61. The lowest BCUT2D eigenvalue weighted by molar-refractivity contribution is -0.138. The molecule has 0 bridgehead atoms. The van der Waals surface area contributed by atoms with Crippen LogP contribution >= 0.6 is 0 Å². The van der Waals surface area contributed by atoms with E-state index in [0.29, 0.717) is 5.56 Å². The van der Waals surface area contributed by atoms with Crippen molar-refractivity contribution in [2.24, 2.45) is 10.9 Å². The number of carbonyl (C=O) groups is 3. The lowest BCUT2D eigenvalue weighted by Gasteiger charge is -2.19. The smallest absolute Gasteiger partial charge is 0.328 e. The second kappa shape index (κ2) is 5.01. The largest absolute Gasteiger partial charge is 0.480 e. The number of aliphatic carboxylic acids is 1. The summed E-state index contributed by atoms with van der Waals surface area (Å²) in [4.78, 5) is 38.0. The van der Waals surface area contributed by atoms with Gasteiger partial charge in [0.15, 0.2) is 11.7 Å². The maximum atomic E-state index is 12.1. The number of ketones is 1. The summed E-state index contributed by atoms with van der Waals surface area (Å²) in [5, 5.41) is 8.69. The van der Waals surface area contributed by atoms with Crippen LogP contribution < -0.4 is 4.74 Å². The molecule has 0 saturated heterocycles. The quantitative estimate of drug-likeness (QED) is 0.378. The number of carboxylic acid groups (broad SMARTS) is 1. The molecule has 0 aromatic heterocycles. The molecule has 0 fully saturated rings. The average Bonchev–Trinajstić information content (AvgIpc) is 2.38. The Morgan fingerprint density at radius 2 is 2.11 bits per heavy atom. The van der Waals surface area contributed by atoms with Crippen LogP contribution in [0.25, 0.3) is 0 Å². The molecular weight excluding hydrogens is 250 g/mol. The van der Waals surface area contributed by atoms with E-state index in [1.807, 2.05) is 0 Å². The second-order valence-electron chi connectivity index (χ2n) is 4.07. The Morgan fingerprint density at radius 1 is 1.42 bits per heavy atom. The number of carboxylic acids is 1. The van der Waals surface area contributed by atoms with Crippen molar-refractivity contribution in [2.75, 3.05) is 0 Å². The number of rotatable bonds is 3. The van der Waals surface area contributed by atoms with Crippen molar-refractivity contribution in [1.29, 1.82) is 0 Å². The SMILES string of the molecule is C[C@H](N=CC1C(=O)Oc2ccccc2C1=O)C(=O)O. The van der Waals surface area contributed by atoms with Gasteiger partial charge in [0.2, 0.25) is 0 Å². The molecular formula is C13H11NO5. The van der Waals surface area contributed by atoms with Gasteiger partial charge in [-0.2, -0.15) is 0 Å². The van der Waals surface area contributed by atoms with Gasteiger partial charge in [-0.3, -0.25) is 14.6 Å². The van der Waals surface area contributed by atoms with Crippen molar-refractivity contribution >= 4 is 23.9 Å². The topological polar surface area (TPSA) is 93.0 Å². The number of benzene rings is 1. The van der Waals surface area contributed by atoms with Crippen molar-refractivity contribution in [3.8, 4) is 5.75 Å². The number of ether oxygens (including phenoxy) is 1. The third kappa shape index (κ3) is 2.52. The predicted molar refractivity (Wildman–Crippen MR) is 65.5 cm³/mol. The average molecular weight is 261 g/mol. The second-order valence-corrected chi connectivity index (χ2v) is 4.07. The van der Waals surface area contributed by atoms with E-state index in [1.54, 1.807) is 18.2 Å². The molecule has 2 rings (SSSR count). The number of para-hydroxylation sites is 1. The van der Waals surface area contributed by atoms with Crippen molar-refractivity contribution in [1.82, 2.24) is 0 Å². The molecule has 19 heavy (non-hydrogen) atoms. The third-order valence-corrected chi connectivity index (χ3v) is 2.72. The van der Waals surface area contributed by atoms with Crippen molar-refractivity contribution < 1.29 is 24.2 Å². The predicted octanol–water partition coefficient (Wildman–Crippen LogP) is 0.948. The minimum absolute atomic E-state index is 0.216. The van der Waals surface area contributed by atoms with Crippen molar-refractivity contribution in [3.05, 3.63) is 29.8 Å². The number of nitrogens with zero attached hydrogens (tertiary/aromatic N) is 1. The van der Waals surface area contributed by atoms with Gasteiger partial charge in [-0.05, 0) is 19.1 Å². The van der Waals surface area contributed by atoms with Crippen LogP contribution in [0.3, 0.4) is 0 Å². The fourth-order valence-corrected chi connectivity index (χ4v) is 1.61. The van der Waals surface area contributed by atoms with Crippen LogP contribution in [0.5, 0.6) is 5.75 Å². The lowest BCUT2D eigenvalue weighted by atomic mass is 9.95. The molecule has 98 valence electrons. The maximum Gasteiger partial charge on any atom is 0.328 e. The van der Waals surface area contributed by atoms with Crippen LogP contribution in [-0.2, 0) is 9.59 Å². The molecule has 1 aliphatic heterocycles. The molecule has 6 heteroatoms. The summed E-state index contributed by atoms with van der Waals surface area (Å²) in [5.41, 5.74) is 0.293. The highest BCUT2D eigenvalue weighted by atomic mass is 16.5. The van der Waals surface area contributed by atoms with Gasteiger partial charge in [0.1, 0.15) is 11.8 Å². The van der Waals surface area contributed by atoms with Gasteiger partial charge < -0.3 is 9.84 Å². The first kappa shape index (κ1) is 12.9. The molecule has 0 amide bonds. The number of fused-ring (bicyclic) bond motifs is 1. The van der Waals surface area contributed by atoms with Crippen LogP contribution in [0.4, 0.5) is 0 Å². The zero-order valence-corrected chi connectivity index (χ0v) is 10.1. The monoisotopic (exact) mass is 261 g/mol. The molecule has 0 spiro atoms. The number of carbonyl (C=O) groups excluding carboxylic acids is 2. The van der Waals surface area contributed by atoms with Gasteiger partial charge in [0.05, 0.1) is 5.56 Å². The highest BCUT2D eigenvalue weighted by Gasteiger charge is 2.35. The van der Waals surface area contributed by atoms with E-state index in [2.05, 4.69) is 4.99 Å². The Hall–Kier alpha value is -2.50. The number of hydrogen-bond donors (Lipinski definition) is 1.